The summed E-state index contributed by atoms with van der Waals surface area (Å²) in [7, 11) is -1.22. The molecule has 3 unspecified atom stereocenters. The first kappa shape index (κ1) is 14.4. The van der Waals surface area contributed by atoms with Crippen molar-refractivity contribution in [2.24, 2.45) is 5.92 Å². The third-order valence-corrected chi connectivity index (χ3v) is 5.85. The van der Waals surface area contributed by atoms with Gasteiger partial charge in [0.05, 0.1) is 11.0 Å². The molecule has 1 aliphatic heterocycles. The van der Waals surface area contributed by atoms with Crippen molar-refractivity contribution in [1.82, 2.24) is 10.2 Å². The highest BCUT2D eigenvalue weighted by Crippen LogP contribution is 2.20. The van der Waals surface area contributed by atoms with Gasteiger partial charge in [0.25, 0.3) is 0 Å². The highest BCUT2D eigenvalue weighted by molar-refractivity contribution is 7.92. The lowest BCUT2D eigenvalue weighted by Crippen LogP contribution is -2.56. The van der Waals surface area contributed by atoms with E-state index in [1.807, 2.05) is 13.8 Å². The number of nitrogens with zero attached hydrogens (tertiary/aromatic N) is 1. The Hall–Kier alpha value is -0.620. The Balaban J connectivity index is 2.78. The summed E-state index contributed by atoms with van der Waals surface area (Å²) in [6.07, 6.45) is 0. The molecule has 17 heavy (non-hydrogen) atoms. The van der Waals surface area contributed by atoms with Gasteiger partial charge < -0.3 is 10.2 Å². The first-order valence-electron chi connectivity index (χ1n) is 5.98. The maximum Gasteiger partial charge on any atom is 0.226 e. The molecule has 3 atom stereocenters. The second-order valence-corrected chi connectivity index (χ2v) is 7.28. The lowest BCUT2D eigenvalue weighted by molar-refractivity contribution is -0.136. The largest absolute Gasteiger partial charge is 0.337 e. The first-order chi connectivity index (χ1) is 7.81. The topological polar surface area (TPSA) is 66.5 Å². The number of hydrogen-bond acceptors (Lipinski definition) is 4. The van der Waals surface area contributed by atoms with E-state index < -0.39 is 15.1 Å². The standard InChI is InChI=1S/C11H22N2O3S/c1-8(7-12-4)11(14)13-5-6-17(15,16)10(3)9(13)2/h8-10,12H,5-7H2,1-4H3. The van der Waals surface area contributed by atoms with E-state index in [-0.39, 0.29) is 23.6 Å². The van der Waals surface area contributed by atoms with Gasteiger partial charge in [0.1, 0.15) is 0 Å². The Kier molecular flexibility index (Phi) is 4.55. The van der Waals surface area contributed by atoms with Crippen LogP contribution in [0.3, 0.4) is 0 Å². The fourth-order valence-corrected chi connectivity index (χ4v) is 3.73. The van der Waals surface area contributed by atoms with Gasteiger partial charge in [0.2, 0.25) is 5.91 Å². The Morgan fingerprint density at radius 1 is 1.47 bits per heavy atom. The van der Waals surface area contributed by atoms with E-state index >= 15 is 0 Å². The van der Waals surface area contributed by atoms with Crippen LogP contribution in [0, 0.1) is 5.92 Å². The molecule has 0 bridgehead atoms. The molecule has 1 amide bonds. The van der Waals surface area contributed by atoms with Crippen LogP contribution in [0.5, 0.6) is 0 Å². The zero-order valence-electron chi connectivity index (χ0n) is 10.9. The van der Waals surface area contributed by atoms with Crippen LogP contribution < -0.4 is 5.32 Å². The number of amides is 1. The summed E-state index contributed by atoms with van der Waals surface area (Å²) in [5.41, 5.74) is 0. The molecule has 0 radical (unpaired) electrons. The molecule has 0 aliphatic carbocycles. The maximum atomic E-state index is 12.1. The SMILES string of the molecule is CNCC(C)C(=O)N1CCS(=O)(=O)C(C)C1C. The minimum absolute atomic E-state index is 0.0357. The lowest BCUT2D eigenvalue weighted by atomic mass is 10.1. The average Bonchev–Trinajstić information content (AvgIpc) is 2.26. The second kappa shape index (κ2) is 5.35. The van der Waals surface area contributed by atoms with Crippen LogP contribution in [-0.4, -0.2) is 56.4 Å². The number of carbonyl (C=O) groups is 1. The minimum Gasteiger partial charge on any atom is -0.337 e. The van der Waals surface area contributed by atoms with Crippen molar-refractivity contribution in [3.05, 3.63) is 0 Å². The highest BCUT2D eigenvalue weighted by atomic mass is 32.2. The van der Waals surface area contributed by atoms with E-state index in [2.05, 4.69) is 5.32 Å². The fourth-order valence-electron chi connectivity index (χ4n) is 2.16. The summed E-state index contributed by atoms with van der Waals surface area (Å²) in [5, 5.41) is 2.49. The van der Waals surface area contributed by atoms with Crippen LogP contribution >= 0.6 is 0 Å². The van der Waals surface area contributed by atoms with Gasteiger partial charge in [0, 0.05) is 25.0 Å². The summed E-state index contributed by atoms with van der Waals surface area (Å²) in [5.74, 6) is 0.000302. The van der Waals surface area contributed by atoms with Gasteiger partial charge in [-0.15, -0.1) is 0 Å². The molecule has 0 aromatic heterocycles. The molecular weight excluding hydrogens is 240 g/mol. The molecule has 0 aromatic rings. The molecule has 0 aromatic carbocycles. The number of nitrogens with one attached hydrogen (secondary N) is 1. The number of sulfone groups is 1. The van der Waals surface area contributed by atoms with Gasteiger partial charge in [-0.3, -0.25) is 4.79 Å². The van der Waals surface area contributed by atoms with Crippen molar-refractivity contribution in [1.29, 1.82) is 0 Å². The molecule has 1 aliphatic rings. The van der Waals surface area contributed by atoms with Crippen LogP contribution in [0.1, 0.15) is 20.8 Å². The van der Waals surface area contributed by atoms with Crippen molar-refractivity contribution >= 4 is 15.7 Å². The van der Waals surface area contributed by atoms with E-state index in [1.165, 1.54) is 0 Å². The van der Waals surface area contributed by atoms with Gasteiger partial charge in [-0.1, -0.05) is 6.92 Å². The maximum absolute atomic E-state index is 12.1. The van der Waals surface area contributed by atoms with E-state index in [0.717, 1.165) is 0 Å². The normalized spacial score (nSPS) is 30.0. The summed E-state index contributed by atoms with van der Waals surface area (Å²) in [6.45, 7) is 6.29. The van der Waals surface area contributed by atoms with Crippen molar-refractivity contribution < 1.29 is 13.2 Å². The third-order valence-electron chi connectivity index (χ3n) is 3.57. The van der Waals surface area contributed by atoms with Crippen LogP contribution in [0.2, 0.25) is 0 Å². The monoisotopic (exact) mass is 262 g/mol. The Morgan fingerprint density at radius 3 is 2.59 bits per heavy atom. The average molecular weight is 262 g/mol. The molecule has 0 spiro atoms. The number of rotatable bonds is 3. The van der Waals surface area contributed by atoms with Gasteiger partial charge in [-0.05, 0) is 20.9 Å². The predicted molar refractivity (Wildman–Crippen MR) is 67.5 cm³/mol. The lowest BCUT2D eigenvalue weighted by Gasteiger charge is -2.38. The van der Waals surface area contributed by atoms with Crippen LogP contribution in [-0.2, 0) is 14.6 Å². The molecule has 1 saturated heterocycles. The second-order valence-electron chi connectivity index (χ2n) is 4.80. The Labute approximate surface area is 103 Å². The number of carbonyl (C=O) groups excluding carboxylic acids is 1. The summed E-state index contributed by atoms with van der Waals surface area (Å²) < 4.78 is 23.4. The van der Waals surface area contributed by atoms with Crippen molar-refractivity contribution in [2.75, 3.05) is 25.9 Å². The van der Waals surface area contributed by atoms with Gasteiger partial charge >= 0.3 is 0 Å². The number of hydrogen-bond donors (Lipinski definition) is 1. The fraction of sp³-hybridized carbons (Fsp3) is 0.909. The first-order valence-corrected chi connectivity index (χ1v) is 7.69. The minimum atomic E-state index is -3.02. The van der Waals surface area contributed by atoms with E-state index in [4.69, 9.17) is 0 Å². The molecule has 0 saturated carbocycles. The van der Waals surface area contributed by atoms with Crippen molar-refractivity contribution in [3.63, 3.8) is 0 Å². The molecular formula is C11H22N2O3S. The molecule has 100 valence electrons. The van der Waals surface area contributed by atoms with Crippen LogP contribution in [0.4, 0.5) is 0 Å². The molecule has 1 rings (SSSR count). The van der Waals surface area contributed by atoms with Crippen LogP contribution in [0.25, 0.3) is 0 Å². The van der Waals surface area contributed by atoms with E-state index in [1.54, 1.807) is 18.9 Å². The Bertz CT molecular complexity index is 380. The predicted octanol–water partition coefficient (Wildman–Crippen LogP) is -0.124. The van der Waals surface area contributed by atoms with E-state index in [9.17, 15) is 13.2 Å². The molecule has 6 heteroatoms. The van der Waals surface area contributed by atoms with Crippen LogP contribution in [0.15, 0.2) is 0 Å². The molecule has 1 heterocycles. The zero-order valence-corrected chi connectivity index (χ0v) is 11.8. The zero-order chi connectivity index (χ0) is 13.2. The summed E-state index contributed by atoms with van der Waals surface area (Å²) in [4.78, 5) is 13.8. The van der Waals surface area contributed by atoms with Gasteiger partial charge in [-0.2, -0.15) is 0 Å². The van der Waals surface area contributed by atoms with E-state index in [0.29, 0.717) is 13.1 Å². The van der Waals surface area contributed by atoms with Gasteiger partial charge in [-0.25, -0.2) is 8.42 Å². The molecule has 1 fully saturated rings. The van der Waals surface area contributed by atoms with Crippen molar-refractivity contribution in [3.8, 4) is 0 Å². The summed E-state index contributed by atoms with van der Waals surface area (Å²) in [6, 6.07) is -0.236. The molecule has 1 N–H and O–H groups in total. The van der Waals surface area contributed by atoms with Gasteiger partial charge in [0.15, 0.2) is 9.84 Å². The highest BCUT2D eigenvalue weighted by Gasteiger charge is 2.38. The smallest absolute Gasteiger partial charge is 0.226 e. The van der Waals surface area contributed by atoms with Crippen molar-refractivity contribution in [2.45, 2.75) is 32.1 Å². The third kappa shape index (κ3) is 2.98. The molecule has 5 nitrogen and oxygen atoms in total. The Morgan fingerprint density at radius 2 is 2.06 bits per heavy atom. The quantitative estimate of drug-likeness (QED) is 0.770. The summed E-state index contributed by atoms with van der Waals surface area (Å²) >= 11 is 0.